The van der Waals surface area contributed by atoms with E-state index in [0.717, 1.165) is 17.7 Å². The van der Waals surface area contributed by atoms with E-state index in [9.17, 15) is 8.78 Å². The van der Waals surface area contributed by atoms with Crippen LogP contribution in [0.4, 0.5) is 8.78 Å². The highest BCUT2D eigenvalue weighted by atomic mass is 19.2. The van der Waals surface area contributed by atoms with Crippen molar-refractivity contribution in [2.24, 2.45) is 0 Å². The fourth-order valence-corrected chi connectivity index (χ4v) is 1.56. The summed E-state index contributed by atoms with van der Waals surface area (Å²) in [5.74, 6) is -0.895. The molecule has 3 nitrogen and oxygen atoms in total. The minimum atomic E-state index is -0.928. The predicted molar refractivity (Wildman–Crippen MR) is 62.2 cm³/mol. The Morgan fingerprint density at radius 2 is 2.06 bits per heavy atom. The molecule has 0 saturated carbocycles. The van der Waals surface area contributed by atoms with Gasteiger partial charge in [0.25, 0.3) is 0 Å². The number of nitrogens with one attached hydrogen (secondary N) is 1. The zero-order valence-electron chi connectivity index (χ0n) is 9.87. The number of furan rings is 1. The van der Waals surface area contributed by atoms with Crippen LogP contribution in [0.25, 0.3) is 0 Å². The van der Waals surface area contributed by atoms with Crippen molar-refractivity contribution in [1.82, 2.24) is 5.32 Å². The molecule has 0 aliphatic carbocycles. The Kier molecular flexibility index (Phi) is 3.94. The summed E-state index contributed by atoms with van der Waals surface area (Å²) >= 11 is 0. The highest BCUT2D eigenvalue weighted by Crippen LogP contribution is 2.18. The molecule has 0 fully saturated rings. The van der Waals surface area contributed by atoms with Gasteiger partial charge in [-0.2, -0.15) is 0 Å². The molecule has 0 saturated heterocycles. The third-order valence-corrected chi connectivity index (χ3v) is 2.47. The minimum Gasteiger partial charge on any atom is -0.486 e. The first-order valence-corrected chi connectivity index (χ1v) is 5.48. The molecule has 1 aromatic heterocycles. The van der Waals surface area contributed by atoms with Crippen molar-refractivity contribution in [2.75, 3.05) is 7.05 Å². The van der Waals surface area contributed by atoms with Gasteiger partial charge in [-0.1, -0.05) is 0 Å². The van der Waals surface area contributed by atoms with E-state index in [2.05, 4.69) is 5.32 Å². The summed E-state index contributed by atoms with van der Waals surface area (Å²) in [6.07, 6.45) is 1.57. The SMILES string of the molecule is CNCc1ccoc1COc1ccc(F)c(F)c1. The standard InChI is InChI=1S/C13H13F2NO2/c1-16-7-9-4-5-17-13(9)8-18-10-2-3-11(14)12(15)6-10/h2-6,16H,7-8H2,1H3. The van der Waals surface area contributed by atoms with Crippen molar-refractivity contribution in [2.45, 2.75) is 13.2 Å². The van der Waals surface area contributed by atoms with Crippen LogP contribution in [0.15, 0.2) is 34.9 Å². The molecule has 1 aromatic carbocycles. The number of rotatable bonds is 5. The second kappa shape index (κ2) is 5.64. The molecule has 0 amide bonds. The van der Waals surface area contributed by atoms with Gasteiger partial charge < -0.3 is 14.5 Å². The van der Waals surface area contributed by atoms with E-state index in [4.69, 9.17) is 9.15 Å². The van der Waals surface area contributed by atoms with Crippen molar-refractivity contribution in [1.29, 1.82) is 0 Å². The fourth-order valence-electron chi connectivity index (χ4n) is 1.56. The normalized spacial score (nSPS) is 10.6. The molecule has 0 bridgehead atoms. The summed E-state index contributed by atoms with van der Waals surface area (Å²) in [5, 5.41) is 3.00. The predicted octanol–water partition coefficient (Wildman–Crippen LogP) is 2.86. The maximum absolute atomic E-state index is 13.0. The van der Waals surface area contributed by atoms with E-state index in [-0.39, 0.29) is 12.4 Å². The Labute approximate surface area is 103 Å². The van der Waals surface area contributed by atoms with Crippen LogP contribution < -0.4 is 10.1 Å². The van der Waals surface area contributed by atoms with Crippen LogP contribution in [0.3, 0.4) is 0 Å². The molecule has 0 radical (unpaired) electrons. The first kappa shape index (κ1) is 12.6. The van der Waals surface area contributed by atoms with E-state index in [1.807, 2.05) is 13.1 Å². The molecule has 2 aromatic rings. The summed E-state index contributed by atoms with van der Waals surface area (Å²) in [4.78, 5) is 0. The van der Waals surface area contributed by atoms with Crippen LogP contribution in [0.5, 0.6) is 5.75 Å². The molecule has 0 aliphatic heterocycles. The van der Waals surface area contributed by atoms with Gasteiger partial charge in [0.2, 0.25) is 0 Å². The summed E-state index contributed by atoms with van der Waals surface area (Å²) in [5.41, 5.74) is 0.972. The third-order valence-electron chi connectivity index (χ3n) is 2.47. The van der Waals surface area contributed by atoms with Crippen molar-refractivity contribution in [3.05, 3.63) is 53.5 Å². The Morgan fingerprint density at radius 3 is 2.78 bits per heavy atom. The molecule has 0 unspecified atom stereocenters. The van der Waals surface area contributed by atoms with Crippen LogP contribution in [0.1, 0.15) is 11.3 Å². The summed E-state index contributed by atoms with van der Waals surface area (Å²) < 4.78 is 36.3. The van der Waals surface area contributed by atoms with Gasteiger partial charge in [0.1, 0.15) is 18.1 Å². The third kappa shape index (κ3) is 2.87. The van der Waals surface area contributed by atoms with Crippen molar-refractivity contribution < 1.29 is 17.9 Å². The van der Waals surface area contributed by atoms with Gasteiger partial charge in [-0.15, -0.1) is 0 Å². The van der Waals surface area contributed by atoms with Gasteiger partial charge in [-0.25, -0.2) is 8.78 Å². The zero-order chi connectivity index (χ0) is 13.0. The van der Waals surface area contributed by atoms with Crippen LogP contribution >= 0.6 is 0 Å². The molecule has 0 spiro atoms. The lowest BCUT2D eigenvalue weighted by molar-refractivity contribution is 0.266. The zero-order valence-corrected chi connectivity index (χ0v) is 9.87. The van der Waals surface area contributed by atoms with Crippen molar-refractivity contribution in [3.8, 4) is 5.75 Å². The van der Waals surface area contributed by atoms with Gasteiger partial charge in [0.05, 0.1) is 6.26 Å². The van der Waals surface area contributed by atoms with Gasteiger partial charge in [-0.3, -0.25) is 0 Å². The van der Waals surface area contributed by atoms with E-state index < -0.39 is 11.6 Å². The topological polar surface area (TPSA) is 34.4 Å². The Balaban J connectivity index is 2.02. The highest BCUT2D eigenvalue weighted by Gasteiger charge is 2.08. The number of benzene rings is 1. The summed E-state index contributed by atoms with van der Waals surface area (Å²) in [6.45, 7) is 0.835. The van der Waals surface area contributed by atoms with E-state index in [1.165, 1.54) is 6.07 Å². The Morgan fingerprint density at radius 1 is 1.22 bits per heavy atom. The monoisotopic (exact) mass is 253 g/mol. The molecular formula is C13H13F2NO2. The first-order chi connectivity index (χ1) is 8.70. The summed E-state index contributed by atoms with van der Waals surface area (Å²) in [6, 6.07) is 5.25. The number of ether oxygens (including phenoxy) is 1. The molecule has 96 valence electrons. The average molecular weight is 253 g/mol. The van der Waals surface area contributed by atoms with Gasteiger partial charge in [0.15, 0.2) is 11.6 Å². The number of halogens is 2. The van der Waals surface area contributed by atoms with Crippen LogP contribution in [0.2, 0.25) is 0 Å². The average Bonchev–Trinajstić information content (AvgIpc) is 2.79. The fraction of sp³-hybridized carbons (Fsp3) is 0.231. The van der Waals surface area contributed by atoms with Crippen LogP contribution in [-0.2, 0) is 13.2 Å². The smallest absolute Gasteiger partial charge is 0.162 e. The Bertz CT molecular complexity index is 525. The minimum absolute atomic E-state index is 0.176. The first-order valence-electron chi connectivity index (χ1n) is 5.48. The molecule has 2 rings (SSSR count). The quantitative estimate of drug-likeness (QED) is 0.889. The molecule has 1 heterocycles. The Hall–Kier alpha value is -1.88. The van der Waals surface area contributed by atoms with Gasteiger partial charge in [0, 0.05) is 18.2 Å². The largest absolute Gasteiger partial charge is 0.486 e. The lowest BCUT2D eigenvalue weighted by atomic mass is 10.2. The van der Waals surface area contributed by atoms with Crippen molar-refractivity contribution >= 4 is 0 Å². The summed E-state index contributed by atoms with van der Waals surface area (Å²) in [7, 11) is 1.83. The molecule has 1 N–H and O–H groups in total. The van der Waals surface area contributed by atoms with Crippen LogP contribution in [0, 0.1) is 11.6 Å². The molecule has 18 heavy (non-hydrogen) atoms. The number of hydrogen-bond donors (Lipinski definition) is 1. The van der Waals surface area contributed by atoms with E-state index >= 15 is 0 Å². The molecule has 5 heteroatoms. The second-order valence-corrected chi connectivity index (χ2v) is 3.76. The lowest BCUT2D eigenvalue weighted by Gasteiger charge is -2.06. The molecule has 0 atom stereocenters. The number of hydrogen-bond acceptors (Lipinski definition) is 3. The van der Waals surface area contributed by atoms with E-state index in [0.29, 0.717) is 12.3 Å². The second-order valence-electron chi connectivity index (χ2n) is 3.76. The molecule has 0 aliphatic rings. The van der Waals surface area contributed by atoms with Gasteiger partial charge in [-0.05, 0) is 25.2 Å². The van der Waals surface area contributed by atoms with Crippen LogP contribution in [-0.4, -0.2) is 7.05 Å². The lowest BCUT2D eigenvalue weighted by Crippen LogP contribution is -2.07. The van der Waals surface area contributed by atoms with Gasteiger partial charge >= 0.3 is 0 Å². The van der Waals surface area contributed by atoms with E-state index in [1.54, 1.807) is 6.26 Å². The molecular weight excluding hydrogens is 240 g/mol. The maximum Gasteiger partial charge on any atom is 0.162 e. The maximum atomic E-state index is 13.0. The van der Waals surface area contributed by atoms with Crippen molar-refractivity contribution in [3.63, 3.8) is 0 Å². The highest BCUT2D eigenvalue weighted by molar-refractivity contribution is 5.24.